The average Bonchev–Trinajstić information content (AvgIpc) is 2.10. The van der Waals surface area contributed by atoms with Crippen LogP contribution >= 0.6 is 0 Å². The van der Waals surface area contributed by atoms with Crippen LogP contribution in [0.4, 0.5) is 0 Å². The summed E-state index contributed by atoms with van der Waals surface area (Å²) in [7, 11) is 0. The molecule has 82 valence electrons. The van der Waals surface area contributed by atoms with Gasteiger partial charge in [0.15, 0.2) is 0 Å². The molecule has 0 bridgehead atoms. The Labute approximate surface area is 84.6 Å². The van der Waals surface area contributed by atoms with E-state index in [0.717, 1.165) is 6.42 Å². The van der Waals surface area contributed by atoms with E-state index in [1.807, 2.05) is 13.8 Å². The fourth-order valence-electron chi connectivity index (χ4n) is 1.91. The number of carbonyl (C=O) groups is 1. The van der Waals surface area contributed by atoms with Crippen molar-refractivity contribution in [1.82, 2.24) is 5.32 Å². The Kier molecular flexibility index (Phi) is 3.89. The molecule has 14 heavy (non-hydrogen) atoms. The van der Waals surface area contributed by atoms with E-state index in [1.165, 1.54) is 6.92 Å². The highest BCUT2D eigenvalue weighted by atomic mass is 16.5. The predicted molar refractivity (Wildman–Crippen MR) is 52.8 cm³/mol. The van der Waals surface area contributed by atoms with E-state index in [9.17, 15) is 4.79 Å². The highest BCUT2D eigenvalue weighted by Gasteiger charge is 2.33. The Balaban J connectivity index is 2.52. The molecule has 1 rings (SSSR count). The number of hydrogen-bond donors (Lipinski definition) is 2. The predicted octanol–water partition coefficient (Wildman–Crippen LogP) is 0.297. The molecule has 1 amide bonds. The molecular weight excluding hydrogens is 182 g/mol. The minimum atomic E-state index is -0.0880. The van der Waals surface area contributed by atoms with Crippen LogP contribution in [0.25, 0.3) is 0 Å². The Morgan fingerprint density at radius 2 is 2.21 bits per heavy atom. The smallest absolute Gasteiger partial charge is 0.217 e. The molecule has 0 aliphatic carbocycles. The van der Waals surface area contributed by atoms with Gasteiger partial charge in [0.05, 0.1) is 24.9 Å². The van der Waals surface area contributed by atoms with Crippen LogP contribution in [-0.4, -0.2) is 35.9 Å². The largest absolute Gasteiger partial charge is 0.394 e. The molecule has 0 saturated carbocycles. The minimum absolute atomic E-state index is 0.0211. The Bertz CT molecular complexity index is 208. The molecule has 2 N–H and O–H groups in total. The van der Waals surface area contributed by atoms with Gasteiger partial charge in [-0.05, 0) is 19.3 Å². The summed E-state index contributed by atoms with van der Waals surface area (Å²) in [4.78, 5) is 10.9. The second kappa shape index (κ2) is 4.75. The summed E-state index contributed by atoms with van der Waals surface area (Å²) in [6.45, 7) is 5.52. The normalized spacial score (nSPS) is 38.0. The van der Waals surface area contributed by atoms with E-state index in [-0.39, 0.29) is 36.7 Å². The number of nitrogens with one attached hydrogen (secondary N) is 1. The van der Waals surface area contributed by atoms with Crippen molar-refractivity contribution in [3.05, 3.63) is 0 Å². The molecule has 1 aliphatic rings. The standard InChI is InChI=1S/C10H19NO3/c1-6-4-9(11-8(3)13)7(2)14-10(6)5-12/h6-7,9-10,12H,4-5H2,1-3H3,(H,11,13)/t6-,7?,9?,10?/m0/s1. The zero-order chi connectivity index (χ0) is 10.7. The molecule has 0 aromatic carbocycles. The fraction of sp³-hybridized carbons (Fsp3) is 0.900. The van der Waals surface area contributed by atoms with Gasteiger partial charge in [0.25, 0.3) is 0 Å². The van der Waals surface area contributed by atoms with Crippen molar-refractivity contribution >= 4 is 5.91 Å². The molecule has 1 fully saturated rings. The second-order valence-corrected chi connectivity index (χ2v) is 4.08. The molecule has 0 spiro atoms. The zero-order valence-electron chi connectivity index (χ0n) is 8.99. The average molecular weight is 201 g/mol. The molecular formula is C10H19NO3. The maximum atomic E-state index is 10.9. The Morgan fingerprint density at radius 3 is 2.71 bits per heavy atom. The molecule has 4 nitrogen and oxygen atoms in total. The van der Waals surface area contributed by atoms with Crippen LogP contribution in [0, 0.1) is 5.92 Å². The van der Waals surface area contributed by atoms with Crippen molar-refractivity contribution in [3.8, 4) is 0 Å². The molecule has 1 aliphatic heterocycles. The van der Waals surface area contributed by atoms with Crippen molar-refractivity contribution < 1.29 is 14.6 Å². The third-order valence-electron chi connectivity index (χ3n) is 2.79. The van der Waals surface area contributed by atoms with Gasteiger partial charge in [0.1, 0.15) is 0 Å². The lowest BCUT2D eigenvalue weighted by Crippen LogP contribution is -2.51. The van der Waals surface area contributed by atoms with Crippen molar-refractivity contribution in [2.24, 2.45) is 5.92 Å². The monoisotopic (exact) mass is 201 g/mol. The van der Waals surface area contributed by atoms with Gasteiger partial charge in [-0.15, -0.1) is 0 Å². The lowest BCUT2D eigenvalue weighted by Gasteiger charge is -2.38. The summed E-state index contributed by atoms with van der Waals surface area (Å²) >= 11 is 0. The van der Waals surface area contributed by atoms with E-state index >= 15 is 0 Å². The number of hydrogen-bond acceptors (Lipinski definition) is 3. The van der Waals surface area contributed by atoms with Gasteiger partial charge in [-0.2, -0.15) is 0 Å². The second-order valence-electron chi connectivity index (χ2n) is 4.08. The highest BCUT2D eigenvalue weighted by Crippen LogP contribution is 2.24. The van der Waals surface area contributed by atoms with Gasteiger partial charge in [-0.3, -0.25) is 4.79 Å². The van der Waals surface area contributed by atoms with Crippen LogP contribution in [-0.2, 0) is 9.53 Å². The van der Waals surface area contributed by atoms with E-state index < -0.39 is 0 Å². The highest BCUT2D eigenvalue weighted by molar-refractivity contribution is 5.73. The van der Waals surface area contributed by atoms with Crippen LogP contribution in [0.3, 0.4) is 0 Å². The first-order valence-corrected chi connectivity index (χ1v) is 5.08. The van der Waals surface area contributed by atoms with Gasteiger partial charge in [0.2, 0.25) is 5.91 Å². The van der Waals surface area contributed by atoms with E-state index in [4.69, 9.17) is 9.84 Å². The minimum Gasteiger partial charge on any atom is -0.394 e. The third-order valence-corrected chi connectivity index (χ3v) is 2.79. The Morgan fingerprint density at radius 1 is 1.57 bits per heavy atom. The van der Waals surface area contributed by atoms with Gasteiger partial charge in [-0.25, -0.2) is 0 Å². The molecule has 1 saturated heterocycles. The fourth-order valence-corrected chi connectivity index (χ4v) is 1.91. The lowest BCUT2D eigenvalue weighted by molar-refractivity contribution is -0.129. The molecule has 0 radical (unpaired) electrons. The first-order chi connectivity index (χ1) is 6.54. The summed E-state index contributed by atoms with van der Waals surface area (Å²) in [5.41, 5.74) is 0. The number of carbonyl (C=O) groups excluding carboxylic acids is 1. The molecule has 3 unspecified atom stereocenters. The third kappa shape index (κ3) is 2.69. The SMILES string of the molecule is CC(=O)NC1C[C@H](C)C(CO)OC1C. The number of amides is 1. The number of aliphatic hydroxyl groups is 1. The van der Waals surface area contributed by atoms with Crippen LogP contribution in [0.2, 0.25) is 0 Å². The van der Waals surface area contributed by atoms with Crippen LogP contribution in [0.5, 0.6) is 0 Å². The number of aliphatic hydroxyl groups excluding tert-OH is 1. The van der Waals surface area contributed by atoms with Crippen LogP contribution in [0.15, 0.2) is 0 Å². The van der Waals surface area contributed by atoms with Crippen LogP contribution in [0.1, 0.15) is 27.2 Å². The molecule has 0 aromatic heterocycles. The van der Waals surface area contributed by atoms with Crippen molar-refractivity contribution in [1.29, 1.82) is 0 Å². The van der Waals surface area contributed by atoms with Gasteiger partial charge in [0, 0.05) is 6.92 Å². The Hall–Kier alpha value is -0.610. The summed E-state index contributed by atoms with van der Waals surface area (Å²) in [5.74, 6) is 0.258. The first-order valence-electron chi connectivity index (χ1n) is 5.08. The maximum Gasteiger partial charge on any atom is 0.217 e. The zero-order valence-corrected chi connectivity index (χ0v) is 8.99. The van der Waals surface area contributed by atoms with E-state index in [0.29, 0.717) is 0 Å². The van der Waals surface area contributed by atoms with Gasteiger partial charge >= 0.3 is 0 Å². The molecule has 0 aromatic rings. The van der Waals surface area contributed by atoms with E-state index in [2.05, 4.69) is 5.32 Å². The van der Waals surface area contributed by atoms with Crippen molar-refractivity contribution in [2.45, 2.75) is 45.4 Å². The lowest BCUT2D eigenvalue weighted by atomic mass is 9.90. The van der Waals surface area contributed by atoms with Gasteiger partial charge < -0.3 is 15.2 Å². The quantitative estimate of drug-likeness (QED) is 0.675. The molecule has 4 atom stereocenters. The summed E-state index contributed by atoms with van der Waals surface area (Å²) in [5, 5.41) is 11.9. The number of ether oxygens (including phenoxy) is 1. The summed E-state index contributed by atoms with van der Waals surface area (Å²) < 4.78 is 5.60. The van der Waals surface area contributed by atoms with Gasteiger partial charge in [-0.1, -0.05) is 6.92 Å². The van der Waals surface area contributed by atoms with Crippen LogP contribution < -0.4 is 5.32 Å². The summed E-state index contributed by atoms with van der Waals surface area (Å²) in [6, 6.07) is 0.0744. The maximum absolute atomic E-state index is 10.9. The van der Waals surface area contributed by atoms with E-state index in [1.54, 1.807) is 0 Å². The molecule has 1 heterocycles. The topological polar surface area (TPSA) is 58.6 Å². The molecule has 4 heteroatoms. The van der Waals surface area contributed by atoms with Crippen molar-refractivity contribution in [2.75, 3.05) is 6.61 Å². The first kappa shape index (κ1) is 11.5. The number of rotatable bonds is 2. The summed E-state index contributed by atoms with van der Waals surface area (Å²) in [6.07, 6.45) is 0.758. The van der Waals surface area contributed by atoms with Crippen molar-refractivity contribution in [3.63, 3.8) is 0 Å².